The van der Waals surface area contributed by atoms with Gasteiger partial charge in [-0.15, -0.1) is 0 Å². The molecule has 1 unspecified atom stereocenters. The largest absolute Gasteiger partial charge is 0.296 e. The average Bonchev–Trinajstić information content (AvgIpc) is 2.24. The number of piperidine rings is 1. The first-order chi connectivity index (χ1) is 8.24. The Kier molecular flexibility index (Phi) is 5.25. The van der Waals surface area contributed by atoms with Gasteiger partial charge < -0.3 is 0 Å². The summed E-state index contributed by atoms with van der Waals surface area (Å²) in [5.41, 5.74) is 8.08. The highest BCUT2D eigenvalue weighted by Gasteiger charge is 2.44. The molecule has 2 nitrogen and oxygen atoms in total. The van der Waals surface area contributed by atoms with Gasteiger partial charge in [0.1, 0.15) is 0 Å². The average molecular weight is 252 g/mol. The van der Waals surface area contributed by atoms with Gasteiger partial charge in [0.2, 0.25) is 0 Å². The molecule has 1 saturated heterocycles. The minimum atomic E-state index is 0.272. The number of hydrogen-bond donors (Lipinski definition) is 0. The fraction of sp³-hybridized carbons (Fsp3) is 0.938. The second-order valence-electron chi connectivity index (χ2n) is 7.29. The van der Waals surface area contributed by atoms with E-state index in [2.05, 4.69) is 46.6 Å². The molecular formula is C16H32N2. The molecule has 1 aliphatic rings. The summed E-state index contributed by atoms with van der Waals surface area (Å²) >= 11 is 0. The zero-order valence-corrected chi connectivity index (χ0v) is 13.1. The molecule has 1 atom stereocenters. The zero-order chi connectivity index (χ0) is 14.0. The van der Waals surface area contributed by atoms with Gasteiger partial charge in [0.15, 0.2) is 0 Å². The van der Waals surface area contributed by atoms with Crippen LogP contribution in [0.4, 0.5) is 0 Å². The van der Waals surface area contributed by atoms with Crippen LogP contribution in [-0.2, 0) is 0 Å². The van der Waals surface area contributed by atoms with Gasteiger partial charge in [-0.3, -0.25) is 10.6 Å². The molecule has 1 rings (SSSR count). The molecule has 0 spiro atoms. The molecule has 0 bridgehead atoms. The van der Waals surface area contributed by atoms with Crippen molar-refractivity contribution in [2.75, 3.05) is 13.6 Å². The van der Waals surface area contributed by atoms with Gasteiger partial charge >= 0.3 is 0 Å². The maximum atomic E-state index is 7.54. The van der Waals surface area contributed by atoms with Crippen LogP contribution in [0, 0.1) is 18.8 Å². The lowest BCUT2D eigenvalue weighted by Crippen LogP contribution is -2.59. The van der Waals surface area contributed by atoms with Crippen molar-refractivity contribution < 1.29 is 0 Å². The van der Waals surface area contributed by atoms with Gasteiger partial charge in [-0.25, -0.2) is 0 Å². The van der Waals surface area contributed by atoms with E-state index in [9.17, 15) is 0 Å². The number of rotatable bonds is 5. The van der Waals surface area contributed by atoms with Crippen molar-refractivity contribution in [3.8, 4) is 0 Å². The predicted octanol–water partition coefficient (Wildman–Crippen LogP) is 3.79. The first kappa shape index (κ1) is 16.0. The lowest BCUT2D eigenvalue weighted by Gasteiger charge is -2.55. The van der Waals surface area contributed by atoms with Crippen molar-refractivity contribution in [3.05, 3.63) is 6.92 Å². The standard InChI is InChI=1S/C16H32N2/c1-7-8-13(9-10-17)14-11-15(2,3)18(6)16(4,5)12-14/h13-14,17H,1,7-12H2,2-6H3. The van der Waals surface area contributed by atoms with Crippen LogP contribution < -0.4 is 5.73 Å². The Labute approximate surface area is 114 Å². The van der Waals surface area contributed by atoms with Crippen LogP contribution in [0.15, 0.2) is 0 Å². The van der Waals surface area contributed by atoms with Gasteiger partial charge in [-0.05, 0) is 65.8 Å². The summed E-state index contributed by atoms with van der Waals surface area (Å²) in [4.78, 5) is 2.54. The highest BCUT2D eigenvalue weighted by Crippen LogP contribution is 2.44. The molecule has 0 aromatic heterocycles. The molecule has 1 aliphatic heterocycles. The summed E-state index contributed by atoms with van der Waals surface area (Å²) in [6, 6.07) is 0. The molecule has 1 heterocycles. The van der Waals surface area contributed by atoms with Crippen LogP contribution in [0.1, 0.15) is 59.8 Å². The number of hydrogen-bond acceptors (Lipinski definition) is 1. The monoisotopic (exact) mass is 252 g/mol. The van der Waals surface area contributed by atoms with Gasteiger partial charge in [0.25, 0.3) is 0 Å². The summed E-state index contributed by atoms with van der Waals surface area (Å²) in [6.07, 6.45) is 5.78. The molecule has 1 N–H and O–H groups in total. The Morgan fingerprint density at radius 1 is 1.17 bits per heavy atom. The summed E-state index contributed by atoms with van der Waals surface area (Å²) < 4.78 is 0. The molecule has 106 valence electrons. The molecule has 1 fully saturated rings. The van der Waals surface area contributed by atoms with Crippen LogP contribution in [-0.4, -0.2) is 29.6 Å². The zero-order valence-electron chi connectivity index (χ0n) is 13.1. The fourth-order valence-electron chi connectivity index (χ4n) is 3.85. The minimum Gasteiger partial charge on any atom is -0.296 e. The van der Waals surface area contributed by atoms with E-state index in [0.29, 0.717) is 12.5 Å². The number of nitrogens with zero attached hydrogens (tertiary/aromatic N) is 1. The number of likely N-dealkylation sites (tertiary alicyclic amines) is 1. The van der Waals surface area contributed by atoms with Crippen LogP contribution in [0.2, 0.25) is 0 Å². The minimum absolute atomic E-state index is 0.272. The molecule has 0 aromatic rings. The van der Waals surface area contributed by atoms with Crippen LogP contribution in [0.3, 0.4) is 0 Å². The fourth-order valence-corrected chi connectivity index (χ4v) is 3.85. The van der Waals surface area contributed by atoms with Crippen LogP contribution in [0.5, 0.6) is 0 Å². The van der Waals surface area contributed by atoms with Crippen LogP contribution >= 0.6 is 0 Å². The van der Waals surface area contributed by atoms with Crippen molar-refractivity contribution >= 4 is 0 Å². The smallest absolute Gasteiger partial charge is 0.0158 e. The third-order valence-corrected chi connectivity index (χ3v) is 5.10. The first-order valence-corrected chi connectivity index (χ1v) is 7.42. The molecule has 18 heavy (non-hydrogen) atoms. The van der Waals surface area contributed by atoms with E-state index in [1.165, 1.54) is 19.3 Å². The molecular weight excluding hydrogens is 220 g/mol. The van der Waals surface area contributed by atoms with E-state index < -0.39 is 0 Å². The van der Waals surface area contributed by atoms with Gasteiger partial charge in [-0.2, -0.15) is 0 Å². The van der Waals surface area contributed by atoms with E-state index in [1.54, 1.807) is 0 Å². The van der Waals surface area contributed by atoms with E-state index in [1.807, 2.05) is 0 Å². The van der Waals surface area contributed by atoms with E-state index in [4.69, 9.17) is 5.73 Å². The Morgan fingerprint density at radius 2 is 1.67 bits per heavy atom. The molecule has 0 saturated carbocycles. The van der Waals surface area contributed by atoms with Crippen LogP contribution in [0.25, 0.3) is 0 Å². The van der Waals surface area contributed by atoms with Crippen molar-refractivity contribution in [2.45, 2.75) is 70.9 Å². The van der Waals surface area contributed by atoms with Crippen molar-refractivity contribution in [1.82, 2.24) is 10.6 Å². The maximum Gasteiger partial charge on any atom is 0.0158 e. The van der Waals surface area contributed by atoms with Crippen molar-refractivity contribution in [2.24, 2.45) is 11.8 Å². The first-order valence-electron chi connectivity index (χ1n) is 7.42. The normalized spacial score (nSPS) is 26.2. The van der Waals surface area contributed by atoms with E-state index >= 15 is 0 Å². The Morgan fingerprint density at radius 3 is 2.06 bits per heavy atom. The maximum absolute atomic E-state index is 7.54. The predicted molar refractivity (Wildman–Crippen MR) is 79.3 cm³/mol. The Balaban J connectivity index is 2.83. The highest BCUT2D eigenvalue weighted by molar-refractivity contribution is 4.99. The van der Waals surface area contributed by atoms with E-state index in [-0.39, 0.29) is 11.1 Å². The Bertz CT molecular complexity index is 234. The van der Waals surface area contributed by atoms with Gasteiger partial charge in [-0.1, -0.05) is 19.8 Å². The Hall–Kier alpha value is -0.0800. The summed E-state index contributed by atoms with van der Waals surface area (Å²) in [5.74, 6) is 1.46. The molecule has 0 amide bonds. The topological polar surface area (TPSA) is 27.0 Å². The van der Waals surface area contributed by atoms with Gasteiger partial charge in [0.05, 0.1) is 0 Å². The molecule has 0 aromatic carbocycles. The molecule has 0 aliphatic carbocycles. The number of nitrogens with one attached hydrogen (secondary N) is 1. The second-order valence-corrected chi connectivity index (χ2v) is 7.29. The summed E-state index contributed by atoms with van der Waals surface area (Å²) in [6.45, 7) is 14.0. The van der Waals surface area contributed by atoms with Crippen molar-refractivity contribution in [3.63, 3.8) is 0 Å². The third-order valence-electron chi connectivity index (χ3n) is 5.10. The molecule has 2 radical (unpaired) electrons. The molecule has 2 heteroatoms. The van der Waals surface area contributed by atoms with Gasteiger partial charge in [0, 0.05) is 17.6 Å². The lowest BCUT2D eigenvalue weighted by molar-refractivity contribution is -0.0458. The SMILES string of the molecule is [CH2]CCC(CC[NH])C1CC(C)(C)N(C)C(C)(C)C1. The lowest BCUT2D eigenvalue weighted by atomic mass is 9.68. The second kappa shape index (κ2) is 5.92. The van der Waals surface area contributed by atoms with E-state index in [0.717, 1.165) is 18.8 Å². The summed E-state index contributed by atoms with van der Waals surface area (Å²) in [7, 11) is 2.26. The summed E-state index contributed by atoms with van der Waals surface area (Å²) in [5, 5.41) is 0. The van der Waals surface area contributed by atoms with Crippen molar-refractivity contribution in [1.29, 1.82) is 0 Å². The third kappa shape index (κ3) is 3.48. The highest BCUT2D eigenvalue weighted by atomic mass is 15.2. The quantitative estimate of drug-likeness (QED) is 0.731.